The number of ether oxygens (including phenoxy) is 1. The number of piperidine rings is 1. The van der Waals surface area contributed by atoms with Gasteiger partial charge in [-0.2, -0.15) is 0 Å². The average Bonchev–Trinajstić information content (AvgIpc) is 2.69. The monoisotopic (exact) mass is 415 g/mol. The van der Waals surface area contributed by atoms with Gasteiger partial charge >= 0.3 is 6.09 Å². The van der Waals surface area contributed by atoms with Crippen LogP contribution in [0.15, 0.2) is 36.8 Å². The molecule has 1 saturated heterocycles. The first kappa shape index (κ1) is 21.5. The smallest absolute Gasteiger partial charge is 0.412 e. The van der Waals surface area contributed by atoms with Gasteiger partial charge in [0.2, 0.25) is 5.91 Å². The van der Waals surface area contributed by atoms with Gasteiger partial charge in [0.25, 0.3) is 0 Å². The van der Waals surface area contributed by atoms with Crippen LogP contribution in [-0.2, 0) is 9.53 Å². The number of hydrogen-bond donors (Lipinski definition) is 2. The minimum Gasteiger partial charge on any atom is -0.444 e. The topological polar surface area (TPSA) is 96.5 Å². The minimum absolute atomic E-state index is 0.183. The highest BCUT2D eigenvalue weighted by molar-refractivity contribution is 5.99. The Bertz CT molecular complexity index is 901. The zero-order valence-corrected chi connectivity index (χ0v) is 17.3. The molecular weight excluding hydrogens is 389 g/mol. The van der Waals surface area contributed by atoms with Gasteiger partial charge in [-0.3, -0.25) is 15.1 Å². The highest BCUT2D eigenvalue weighted by Gasteiger charge is 2.27. The summed E-state index contributed by atoms with van der Waals surface area (Å²) in [5.41, 5.74) is -0.234. The van der Waals surface area contributed by atoms with E-state index in [1.807, 2.05) is 4.90 Å². The number of aromatic nitrogens is 2. The predicted octanol–water partition coefficient (Wildman–Crippen LogP) is 3.82. The van der Waals surface area contributed by atoms with Crippen molar-refractivity contribution < 1.29 is 18.7 Å². The molecule has 160 valence electrons. The fourth-order valence-electron chi connectivity index (χ4n) is 3.23. The molecule has 2 N–H and O–H groups in total. The quantitative estimate of drug-likeness (QED) is 0.788. The molecule has 0 aliphatic carbocycles. The van der Waals surface area contributed by atoms with E-state index in [-0.39, 0.29) is 23.2 Å². The van der Waals surface area contributed by atoms with E-state index in [1.54, 1.807) is 39.4 Å². The van der Waals surface area contributed by atoms with Crippen molar-refractivity contribution in [1.82, 2.24) is 9.97 Å². The van der Waals surface area contributed by atoms with Crippen molar-refractivity contribution in [3.8, 4) is 0 Å². The summed E-state index contributed by atoms with van der Waals surface area (Å²) < 4.78 is 19.0. The van der Waals surface area contributed by atoms with Crippen LogP contribution >= 0.6 is 0 Å². The van der Waals surface area contributed by atoms with Gasteiger partial charge in [0.05, 0.1) is 23.5 Å². The van der Waals surface area contributed by atoms with Gasteiger partial charge in [0.15, 0.2) is 0 Å². The third kappa shape index (κ3) is 5.88. The van der Waals surface area contributed by atoms with E-state index in [0.717, 1.165) is 13.0 Å². The summed E-state index contributed by atoms with van der Waals surface area (Å²) in [5, 5.41) is 5.32. The number of rotatable bonds is 4. The molecule has 1 aliphatic rings. The Morgan fingerprint density at radius 2 is 2.00 bits per heavy atom. The molecule has 1 unspecified atom stereocenters. The lowest BCUT2D eigenvalue weighted by Gasteiger charge is -2.32. The van der Waals surface area contributed by atoms with E-state index in [2.05, 4.69) is 20.6 Å². The molecule has 2 aromatic rings. The molecule has 2 heterocycles. The van der Waals surface area contributed by atoms with Crippen LogP contribution in [-0.4, -0.2) is 40.7 Å². The molecule has 2 amide bonds. The van der Waals surface area contributed by atoms with Crippen molar-refractivity contribution in [2.75, 3.05) is 28.6 Å². The number of benzene rings is 1. The number of carbonyl (C=O) groups excluding carboxylic acids is 2. The maximum absolute atomic E-state index is 13.8. The first-order valence-electron chi connectivity index (χ1n) is 9.82. The first-order chi connectivity index (χ1) is 14.2. The van der Waals surface area contributed by atoms with Gasteiger partial charge in [0, 0.05) is 25.5 Å². The van der Waals surface area contributed by atoms with Crippen molar-refractivity contribution >= 4 is 29.2 Å². The van der Waals surface area contributed by atoms with Gasteiger partial charge < -0.3 is 15.0 Å². The zero-order valence-electron chi connectivity index (χ0n) is 17.3. The number of carbonyl (C=O) groups is 2. The van der Waals surface area contributed by atoms with Crippen LogP contribution in [0.25, 0.3) is 0 Å². The summed E-state index contributed by atoms with van der Waals surface area (Å²) in [6.45, 7) is 6.49. The molecule has 8 nitrogen and oxygen atoms in total. The molecule has 1 aromatic heterocycles. The third-order valence-corrected chi connectivity index (χ3v) is 4.54. The molecule has 3 rings (SSSR count). The molecule has 1 fully saturated rings. The molecule has 1 aromatic carbocycles. The van der Waals surface area contributed by atoms with E-state index in [4.69, 9.17) is 4.74 Å². The van der Waals surface area contributed by atoms with Crippen molar-refractivity contribution in [2.24, 2.45) is 5.92 Å². The van der Waals surface area contributed by atoms with Crippen molar-refractivity contribution in [3.63, 3.8) is 0 Å². The standard InChI is InChI=1S/C21H26FN5O3/c1-21(2,3)30-20(29)26-16-7-6-15(22)11-17(16)25-19(28)14-5-4-10-27(13-14)18-12-23-8-9-24-18/h6-9,11-12,14H,4-5,10,13H2,1-3H3,(H,25,28)(H,26,29). The lowest BCUT2D eigenvalue weighted by Crippen LogP contribution is -2.41. The normalized spacial score (nSPS) is 16.7. The minimum atomic E-state index is -0.684. The number of anilines is 3. The Labute approximate surface area is 174 Å². The molecule has 1 aliphatic heterocycles. The van der Waals surface area contributed by atoms with Crippen LogP contribution in [0.5, 0.6) is 0 Å². The average molecular weight is 415 g/mol. The van der Waals surface area contributed by atoms with Gasteiger partial charge in [-0.25, -0.2) is 14.2 Å². The Balaban J connectivity index is 1.70. The maximum atomic E-state index is 13.8. The van der Waals surface area contributed by atoms with Crippen molar-refractivity contribution in [2.45, 2.75) is 39.2 Å². The predicted molar refractivity (Wildman–Crippen MR) is 112 cm³/mol. The number of halogens is 1. The van der Waals surface area contributed by atoms with Gasteiger partial charge in [-0.15, -0.1) is 0 Å². The first-order valence-corrected chi connectivity index (χ1v) is 9.82. The van der Waals surface area contributed by atoms with E-state index >= 15 is 0 Å². The molecule has 30 heavy (non-hydrogen) atoms. The molecule has 0 radical (unpaired) electrons. The zero-order chi connectivity index (χ0) is 21.7. The van der Waals surface area contributed by atoms with Crippen LogP contribution < -0.4 is 15.5 Å². The summed E-state index contributed by atoms with van der Waals surface area (Å²) in [7, 11) is 0. The number of nitrogens with zero attached hydrogens (tertiary/aromatic N) is 3. The SMILES string of the molecule is CC(C)(C)OC(=O)Nc1ccc(F)cc1NC(=O)C1CCCN(c2cnccn2)C1. The van der Waals surface area contributed by atoms with Crippen LogP contribution in [0.2, 0.25) is 0 Å². The summed E-state index contributed by atoms with van der Waals surface area (Å²) in [5.74, 6) is -0.363. The molecule has 0 saturated carbocycles. The summed E-state index contributed by atoms with van der Waals surface area (Å²) in [6.07, 6.45) is 5.71. The lowest BCUT2D eigenvalue weighted by atomic mass is 9.97. The van der Waals surface area contributed by atoms with E-state index in [9.17, 15) is 14.0 Å². The largest absolute Gasteiger partial charge is 0.444 e. The Hall–Kier alpha value is -3.23. The van der Waals surface area contributed by atoms with Crippen molar-refractivity contribution in [3.05, 3.63) is 42.6 Å². The number of amides is 2. The lowest BCUT2D eigenvalue weighted by molar-refractivity contribution is -0.120. The summed E-state index contributed by atoms with van der Waals surface area (Å²) in [4.78, 5) is 35.3. The fourth-order valence-corrected chi connectivity index (χ4v) is 3.23. The highest BCUT2D eigenvalue weighted by atomic mass is 19.1. The Kier molecular flexibility index (Phi) is 6.49. The van der Waals surface area contributed by atoms with E-state index in [0.29, 0.717) is 18.8 Å². The number of nitrogens with one attached hydrogen (secondary N) is 2. The van der Waals surface area contributed by atoms with Crippen LogP contribution in [0.4, 0.5) is 26.4 Å². The summed E-state index contributed by atoms with van der Waals surface area (Å²) >= 11 is 0. The Morgan fingerprint density at radius 3 is 2.70 bits per heavy atom. The molecule has 1 atom stereocenters. The van der Waals surface area contributed by atoms with Gasteiger partial charge in [0.1, 0.15) is 17.2 Å². The van der Waals surface area contributed by atoms with Crippen LogP contribution in [0.3, 0.4) is 0 Å². The molecule has 0 spiro atoms. The Morgan fingerprint density at radius 1 is 1.20 bits per heavy atom. The molecule has 9 heteroatoms. The highest BCUT2D eigenvalue weighted by Crippen LogP contribution is 2.27. The van der Waals surface area contributed by atoms with Crippen molar-refractivity contribution in [1.29, 1.82) is 0 Å². The molecular formula is C21H26FN5O3. The second-order valence-corrected chi connectivity index (χ2v) is 8.15. The van der Waals surface area contributed by atoms with E-state index in [1.165, 1.54) is 18.2 Å². The van der Waals surface area contributed by atoms with Crippen LogP contribution in [0.1, 0.15) is 33.6 Å². The third-order valence-electron chi connectivity index (χ3n) is 4.54. The van der Waals surface area contributed by atoms with E-state index < -0.39 is 17.5 Å². The second-order valence-electron chi connectivity index (χ2n) is 8.15. The summed E-state index contributed by atoms with van der Waals surface area (Å²) in [6, 6.07) is 3.77. The van der Waals surface area contributed by atoms with Gasteiger partial charge in [-0.1, -0.05) is 0 Å². The molecule has 0 bridgehead atoms. The maximum Gasteiger partial charge on any atom is 0.412 e. The van der Waals surface area contributed by atoms with Crippen LogP contribution in [0, 0.1) is 11.7 Å². The second kappa shape index (κ2) is 9.06. The fraction of sp³-hybridized carbons (Fsp3) is 0.429. The van der Waals surface area contributed by atoms with Gasteiger partial charge in [-0.05, 0) is 51.8 Å². The number of hydrogen-bond acceptors (Lipinski definition) is 6.